The van der Waals surface area contributed by atoms with Crippen molar-refractivity contribution in [3.05, 3.63) is 29.3 Å². The molecule has 0 bridgehead atoms. The minimum atomic E-state index is -4.18. The Kier molecular flexibility index (Phi) is 2.94. The molecule has 0 amide bonds. The van der Waals surface area contributed by atoms with E-state index < -0.39 is 10.1 Å². The van der Waals surface area contributed by atoms with Crippen molar-refractivity contribution in [2.75, 3.05) is 0 Å². The van der Waals surface area contributed by atoms with Crippen LogP contribution >= 0.6 is 0 Å². The molecule has 1 saturated carbocycles. The van der Waals surface area contributed by atoms with Crippen LogP contribution in [0.5, 0.6) is 0 Å². The number of nitrogens with zero attached hydrogens (tertiary/aromatic N) is 1. The van der Waals surface area contributed by atoms with Gasteiger partial charge in [0.1, 0.15) is 0 Å². The minimum Gasteiger partial charge on any atom is -0.282 e. The predicted molar refractivity (Wildman–Crippen MR) is 62.1 cm³/mol. The van der Waals surface area contributed by atoms with E-state index in [-0.39, 0.29) is 16.7 Å². The van der Waals surface area contributed by atoms with Gasteiger partial charge >= 0.3 is 0 Å². The fourth-order valence-electron chi connectivity index (χ4n) is 2.20. The van der Waals surface area contributed by atoms with Gasteiger partial charge in [0.15, 0.2) is 0 Å². The highest BCUT2D eigenvalue weighted by Gasteiger charge is 2.33. The normalized spacial score (nSPS) is 23.8. The molecule has 0 heterocycles. The third-order valence-electron chi connectivity index (χ3n) is 3.20. The van der Waals surface area contributed by atoms with Crippen molar-refractivity contribution < 1.29 is 13.0 Å². The molecule has 0 radical (unpaired) electrons. The molecule has 0 aliphatic heterocycles. The summed E-state index contributed by atoms with van der Waals surface area (Å²) < 4.78 is 31.7. The van der Waals surface area contributed by atoms with Crippen LogP contribution in [0.15, 0.2) is 23.1 Å². The van der Waals surface area contributed by atoms with Crippen LogP contribution in [0.25, 0.3) is 0 Å². The Hall–Kier alpha value is -1.38. The smallest absolute Gasteiger partial charge is 0.282 e. The van der Waals surface area contributed by atoms with Crippen LogP contribution in [0, 0.1) is 24.2 Å². The highest BCUT2D eigenvalue weighted by molar-refractivity contribution is 7.85. The Morgan fingerprint density at radius 1 is 1.41 bits per heavy atom. The minimum absolute atomic E-state index is 0.00904. The number of aryl methyl sites for hydroxylation is 1. The predicted octanol–water partition coefficient (Wildman–Crippen LogP) is 2.26. The number of benzene rings is 1. The van der Waals surface area contributed by atoms with Gasteiger partial charge in [-0.15, -0.1) is 0 Å². The van der Waals surface area contributed by atoms with Crippen molar-refractivity contribution >= 4 is 10.1 Å². The lowest BCUT2D eigenvalue weighted by molar-refractivity contribution is 0.326. The Balaban J connectivity index is 2.40. The molecule has 0 saturated heterocycles. The van der Waals surface area contributed by atoms with E-state index in [2.05, 4.69) is 6.07 Å². The van der Waals surface area contributed by atoms with Crippen LogP contribution in [0.1, 0.15) is 29.9 Å². The Morgan fingerprint density at radius 3 is 2.59 bits per heavy atom. The molecule has 1 aliphatic rings. The fourth-order valence-corrected chi connectivity index (χ4v) is 2.96. The van der Waals surface area contributed by atoms with Gasteiger partial charge in [0.05, 0.1) is 11.0 Å². The van der Waals surface area contributed by atoms with Gasteiger partial charge in [0.2, 0.25) is 0 Å². The van der Waals surface area contributed by atoms with Crippen molar-refractivity contribution in [3.63, 3.8) is 0 Å². The van der Waals surface area contributed by atoms with Crippen LogP contribution in [0.4, 0.5) is 0 Å². The Bertz CT molecular complexity index is 580. The summed E-state index contributed by atoms with van der Waals surface area (Å²) in [7, 11) is -4.18. The zero-order chi connectivity index (χ0) is 12.6. The quantitative estimate of drug-likeness (QED) is 0.818. The molecular formula is C12H13NO3S. The summed E-state index contributed by atoms with van der Waals surface area (Å²) in [6.07, 6.45) is 1.34. The molecule has 0 spiro atoms. The van der Waals surface area contributed by atoms with E-state index in [1.54, 1.807) is 12.1 Å². The van der Waals surface area contributed by atoms with Gasteiger partial charge in [-0.2, -0.15) is 13.7 Å². The largest absolute Gasteiger partial charge is 0.294 e. The topological polar surface area (TPSA) is 78.2 Å². The van der Waals surface area contributed by atoms with E-state index >= 15 is 0 Å². The summed E-state index contributed by atoms with van der Waals surface area (Å²) in [5.41, 5.74) is 1.59. The standard InChI is InChI=1S/C12H13NO3S/c1-8-2-3-12(17(14,15)16)11(4-8)10-5-9(6-10)7-13/h2-4,9-10H,5-6H2,1H3,(H,14,15,16). The first-order chi connectivity index (χ1) is 7.91. The van der Waals surface area contributed by atoms with Crippen LogP contribution in [0.3, 0.4) is 0 Å². The third-order valence-corrected chi connectivity index (χ3v) is 4.13. The first kappa shape index (κ1) is 12.1. The highest BCUT2D eigenvalue weighted by Crippen LogP contribution is 2.43. The molecule has 1 fully saturated rings. The lowest BCUT2D eigenvalue weighted by atomic mass is 9.72. The van der Waals surface area contributed by atoms with Gasteiger partial charge in [-0.05, 0) is 37.3 Å². The van der Waals surface area contributed by atoms with Gasteiger partial charge in [0.25, 0.3) is 10.1 Å². The molecule has 1 aliphatic carbocycles. The molecular weight excluding hydrogens is 238 g/mol. The number of hydrogen-bond acceptors (Lipinski definition) is 3. The third kappa shape index (κ3) is 2.33. The molecule has 0 unspecified atom stereocenters. The maximum Gasteiger partial charge on any atom is 0.294 e. The zero-order valence-electron chi connectivity index (χ0n) is 9.42. The van der Waals surface area contributed by atoms with Crippen molar-refractivity contribution in [2.45, 2.75) is 30.6 Å². The van der Waals surface area contributed by atoms with Gasteiger partial charge in [0, 0.05) is 5.92 Å². The molecule has 0 aromatic heterocycles. The van der Waals surface area contributed by atoms with E-state index in [0.717, 1.165) is 5.56 Å². The van der Waals surface area contributed by atoms with Gasteiger partial charge in [-0.3, -0.25) is 4.55 Å². The molecule has 1 aromatic rings. The number of rotatable bonds is 2. The van der Waals surface area contributed by atoms with E-state index in [0.29, 0.717) is 18.4 Å². The van der Waals surface area contributed by atoms with Gasteiger partial charge in [-0.1, -0.05) is 17.7 Å². The molecule has 5 heteroatoms. The van der Waals surface area contributed by atoms with Crippen LogP contribution in [0.2, 0.25) is 0 Å². The summed E-state index contributed by atoms with van der Waals surface area (Å²) in [5, 5.41) is 8.72. The Labute approximate surface area is 101 Å². The van der Waals surface area contributed by atoms with Gasteiger partial charge < -0.3 is 0 Å². The van der Waals surface area contributed by atoms with Crippen LogP contribution < -0.4 is 0 Å². The van der Waals surface area contributed by atoms with E-state index in [9.17, 15) is 8.42 Å². The summed E-state index contributed by atoms with van der Waals surface area (Å²) in [6, 6.07) is 7.03. The summed E-state index contributed by atoms with van der Waals surface area (Å²) in [6.45, 7) is 1.87. The fraction of sp³-hybridized carbons (Fsp3) is 0.417. The second kappa shape index (κ2) is 4.13. The first-order valence-corrected chi connectivity index (χ1v) is 6.83. The second-order valence-corrected chi connectivity index (χ2v) is 5.90. The molecule has 1 N–H and O–H groups in total. The van der Waals surface area contributed by atoms with E-state index in [4.69, 9.17) is 9.81 Å². The molecule has 1 aromatic carbocycles. The molecule has 4 nitrogen and oxygen atoms in total. The monoisotopic (exact) mass is 251 g/mol. The summed E-state index contributed by atoms with van der Waals surface area (Å²) in [4.78, 5) is -0.0236. The van der Waals surface area contributed by atoms with Crippen LogP contribution in [-0.2, 0) is 10.1 Å². The van der Waals surface area contributed by atoms with Gasteiger partial charge in [-0.25, -0.2) is 0 Å². The molecule has 90 valence electrons. The van der Waals surface area contributed by atoms with Crippen molar-refractivity contribution in [1.82, 2.24) is 0 Å². The maximum atomic E-state index is 11.3. The molecule has 0 atom stereocenters. The van der Waals surface area contributed by atoms with E-state index in [1.165, 1.54) is 6.07 Å². The number of nitriles is 1. The highest BCUT2D eigenvalue weighted by atomic mass is 32.2. The van der Waals surface area contributed by atoms with Crippen molar-refractivity contribution in [2.24, 2.45) is 5.92 Å². The average molecular weight is 251 g/mol. The summed E-state index contributed by atoms with van der Waals surface area (Å²) >= 11 is 0. The maximum absolute atomic E-state index is 11.3. The van der Waals surface area contributed by atoms with Crippen LogP contribution in [-0.4, -0.2) is 13.0 Å². The van der Waals surface area contributed by atoms with Crippen molar-refractivity contribution in [3.8, 4) is 6.07 Å². The van der Waals surface area contributed by atoms with E-state index in [1.807, 2.05) is 6.92 Å². The lowest BCUT2D eigenvalue weighted by Crippen LogP contribution is -2.22. The summed E-state index contributed by atoms with van der Waals surface area (Å²) in [5.74, 6) is 0.0752. The zero-order valence-corrected chi connectivity index (χ0v) is 10.2. The lowest BCUT2D eigenvalue weighted by Gasteiger charge is -2.32. The SMILES string of the molecule is Cc1ccc(S(=O)(=O)O)c(C2CC(C#N)C2)c1. The molecule has 17 heavy (non-hydrogen) atoms. The second-order valence-electron chi connectivity index (χ2n) is 4.51. The first-order valence-electron chi connectivity index (χ1n) is 5.39. The molecule has 2 rings (SSSR count). The number of hydrogen-bond donors (Lipinski definition) is 1. The van der Waals surface area contributed by atoms with Crippen molar-refractivity contribution in [1.29, 1.82) is 5.26 Å². The average Bonchev–Trinajstić information content (AvgIpc) is 2.14. The Morgan fingerprint density at radius 2 is 2.06 bits per heavy atom.